The second kappa shape index (κ2) is 11.7. The number of rotatable bonds is 6. The van der Waals surface area contributed by atoms with Gasteiger partial charge in [0.05, 0.1) is 5.69 Å². The van der Waals surface area contributed by atoms with Crippen LogP contribution in [0.25, 0.3) is 0 Å². The minimum absolute atomic E-state index is 0. The summed E-state index contributed by atoms with van der Waals surface area (Å²) < 4.78 is 1.93. The number of aromatic nitrogens is 2. The summed E-state index contributed by atoms with van der Waals surface area (Å²) in [6.45, 7) is 11.4. The van der Waals surface area contributed by atoms with E-state index in [9.17, 15) is 0 Å². The monoisotopic (exact) mass is 524 g/mol. The maximum atomic E-state index is 4.49. The fourth-order valence-electron chi connectivity index (χ4n) is 4.20. The van der Waals surface area contributed by atoms with Crippen LogP contribution in [0.4, 0.5) is 0 Å². The molecule has 1 aliphatic rings. The van der Waals surface area contributed by atoms with Crippen LogP contribution in [0.1, 0.15) is 47.8 Å². The summed E-state index contributed by atoms with van der Waals surface area (Å²) in [6, 6.07) is 8.75. The normalized spacial score (nSPS) is 17.5. The molecule has 0 bridgehead atoms. The minimum atomic E-state index is 0. The highest BCUT2D eigenvalue weighted by molar-refractivity contribution is 14.0. The Morgan fingerprint density at radius 3 is 2.50 bits per heavy atom. The fraction of sp³-hybridized carbons (Fsp3) is 0.565. The molecular formula is C23H37IN6. The first-order valence-electron chi connectivity index (χ1n) is 10.7. The van der Waals surface area contributed by atoms with Crippen molar-refractivity contribution in [2.45, 2.75) is 53.2 Å². The molecule has 1 saturated heterocycles. The lowest BCUT2D eigenvalue weighted by atomic mass is 9.99. The molecule has 1 aliphatic heterocycles. The predicted molar refractivity (Wildman–Crippen MR) is 135 cm³/mol. The van der Waals surface area contributed by atoms with Gasteiger partial charge in [0, 0.05) is 51.5 Å². The van der Waals surface area contributed by atoms with Gasteiger partial charge in [-0.3, -0.25) is 14.6 Å². The number of aryl methyl sites for hydroxylation is 2. The molecule has 1 fully saturated rings. The molecule has 2 aromatic rings. The number of aliphatic imine (C=N–C) groups is 1. The number of hydrogen-bond donors (Lipinski definition) is 2. The van der Waals surface area contributed by atoms with Crippen LogP contribution in [0.5, 0.6) is 0 Å². The maximum absolute atomic E-state index is 4.49. The van der Waals surface area contributed by atoms with Gasteiger partial charge in [-0.15, -0.1) is 24.0 Å². The van der Waals surface area contributed by atoms with Gasteiger partial charge < -0.3 is 10.6 Å². The van der Waals surface area contributed by atoms with Gasteiger partial charge in [0.1, 0.15) is 0 Å². The molecule has 166 valence electrons. The van der Waals surface area contributed by atoms with E-state index in [1.807, 2.05) is 18.8 Å². The number of hydrogen-bond acceptors (Lipinski definition) is 3. The molecule has 0 radical (unpaired) electrons. The van der Waals surface area contributed by atoms with E-state index in [0.717, 1.165) is 37.2 Å². The van der Waals surface area contributed by atoms with Crippen LogP contribution in [-0.4, -0.2) is 40.8 Å². The number of nitrogens with one attached hydrogen (secondary N) is 2. The molecule has 1 unspecified atom stereocenters. The highest BCUT2D eigenvalue weighted by atomic mass is 127. The van der Waals surface area contributed by atoms with Crippen molar-refractivity contribution in [1.82, 2.24) is 25.3 Å². The zero-order valence-corrected chi connectivity index (χ0v) is 21.4. The van der Waals surface area contributed by atoms with Crippen molar-refractivity contribution in [2.24, 2.45) is 18.0 Å². The van der Waals surface area contributed by atoms with Gasteiger partial charge in [-0.05, 0) is 50.3 Å². The predicted octanol–water partition coefficient (Wildman–Crippen LogP) is 3.75. The highest BCUT2D eigenvalue weighted by Gasteiger charge is 2.17. The number of nitrogens with zero attached hydrogens (tertiary/aromatic N) is 4. The Morgan fingerprint density at radius 2 is 1.87 bits per heavy atom. The lowest BCUT2D eigenvalue weighted by molar-refractivity contribution is 0.176. The summed E-state index contributed by atoms with van der Waals surface area (Å²) in [5.74, 6) is 1.62. The molecule has 7 heteroatoms. The smallest absolute Gasteiger partial charge is 0.191 e. The Balaban J connectivity index is 0.00000320. The number of likely N-dealkylation sites (tertiary alicyclic amines) is 1. The number of benzene rings is 1. The van der Waals surface area contributed by atoms with Crippen LogP contribution in [0, 0.1) is 19.8 Å². The van der Waals surface area contributed by atoms with Crippen molar-refractivity contribution in [2.75, 3.05) is 20.1 Å². The lowest BCUT2D eigenvalue weighted by Gasteiger charge is -2.31. The minimum Gasteiger partial charge on any atom is -0.352 e. The van der Waals surface area contributed by atoms with Crippen LogP contribution in [-0.2, 0) is 26.7 Å². The van der Waals surface area contributed by atoms with Crippen molar-refractivity contribution in [3.05, 3.63) is 52.3 Å². The standard InChI is InChI=1S/C23H36N6.HI/c1-17-9-8-12-29(15-17)16-21-11-7-6-10-20(21)13-25-23(24-4)26-14-22-18(2)27-28(5)19(22)3;/h6-7,10-11,17H,8-9,12-16H2,1-5H3,(H2,24,25,26);1H. The molecule has 0 amide bonds. The van der Waals surface area contributed by atoms with Crippen LogP contribution in [0.3, 0.4) is 0 Å². The highest BCUT2D eigenvalue weighted by Crippen LogP contribution is 2.19. The molecule has 1 atom stereocenters. The second-order valence-electron chi connectivity index (χ2n) is 8.30. The van der Waals surface area contributed by atoms with Crippen molar-refractivity contribution >= 4 is 29.9 Å². The molecule has 2 N–H and O–H groups in total. The first kappa shape index (κ1) is 24.7. The van der Waals surface area contributed by atoms with E-state index < -0.39 is 0 Å². The Bertz CT molecular complexity index is 844. The molecule has 2 heterocycles. The quantitative estimate of drug-likeness (QED) is 0.344. The average Bonchev–Trinajstić information content (AvgIpc) is 2.95. The Hall–Kier alpha value is -1.61. The molecule has 30 heavy (non-hydrogen) atoms. The van der Waals surface area contributed by atoms with Crippen molar-refractivity contribution in [1.29, 1.82) is 0 Å². The topological polar surface area (TPSA) is 57.5 Å². The third kappa shape index (κ3) is 6.44. The maximum Gasteiger partial charge on any atom is 0.191 e. The summed E-state index contributed by atoms with van der Waals surface area (Å²) in [5, 5.41) is 11.4. The molecule has 1 aromatic carbocycles. The summed E-state index contributed by atoms with van der Waals surface area (Å²) in [6.07, 6.45) is 2.67. The van der Waals surface area contributed by atoms with Crippen LogP contribution in [0.15, 0.2) is 29.3 Å². The zero-order chi connectivity index (χ0) is 20.8. The van der Waals surface area contributed by atoms with Crippen molar-refractivity contribution in [3.8, 4) is 0 Å². The van der Waals surface area contributed by atoms with E-state index in [0.29, 0.717) is 0 Å². The van der Waals surface area contributed by atoms with Crippen LogP contribution < -0.4 is 10.6 Å². The van der Waals surface area contributed by atoms with Gasteiger partial charge >= 0.3 is 0 Å². The summed E-state index contributed by atoms with van der Waals surface area (Å²) >= 11 is 0. The van der Waals surface area contributed by atoms with E-state index in [1.54, 1.807) is 0 Å². The third-order valence-corrected chi connectivity index (χ3v) is 6.01. The molecule has 6 nitrogen and oxygen atoms in total. The number of halogens is 1. The molecule has 0 saturated carbocycles. The van der Waals surface area contributed by atoms with E-state index in [4.69, 9.17) is 0 Å². The third-order valence-electron chi connectivity index (χ3n) is 6.01. The first-order chi connectivity index (χ1) is 14.0. The largest absolute Gasteiger partial charge is 0.352 e. The van der Waals surface area contributed by atoms with Gasteiger partial charge in [-0.2, -0.15) is 5.10 Å². The van der Waals surface area contributed by atoms with Gasteiger partial charge in [0.2, 0.25) is 0 Å². The molecule has 1 aromatic heterocycles. The van der Waals surface area contributed by atoms with Crippen LogP contribution >= 0.6 is 24.0 Å². The summed E-state index contributed by atoms with van der Waals surface area (Å²) in [5.41, 5.74) is 6.22. The Morgan fingerprint density at radius 1 is 1.17 bits per heavy atom. The number of guanidine groups is 1. The summed E-state index contributed by atoms with van der Waals surface area (Å²) in [7, 11) is 3.80. The fourth-order valence-corrected chi connectivity index (χ4v) is 4.20. The van der Waals surface area contributed by atoms with E-state index in [-0.39, 0.29) is 24.0 Å². The SMILES string of the molecule is CN=C(NCc1ccccc1CN1CCCC(C)C1)NCc1c(C)nn(C)c1C.I. The molecule has 0 aliphatic carbocycles. The van der Waals surface area contributed by atoms with Crippen molar-refractivity contribution < 1.29 is 0 Å². The molecule has 3 rings (SSSR count). The van der Waals surface area contributed by atoms with Crippen molar-refractivity contribution in [3.63, 3.8) is 0 Å². The summed E-state index contributed by atoms with van der Waals surface area (Å²) in [4.78, 5) is 6.99. The van der Waals surface area contributed by atoms with E-state index >= 15 is 0 Å². The first-order valence-corrected chi connectivity index (χ1v) is 10.7. The molecular weight excluding hydrogens is 487 g/mol. The van der Waals surface area contributed by atoms with Gasteiger partial charge in [0.25, 0.3) is 0 Å². The zero-order valence-electron chi connectivity index (χ0n) is 19.0. The Labute approximate surface area is 198 Å². The van der Waals surface area contributed by atoms with Gasteiger partial charge in [-0.1, -0.05) is 31.2 Å². The molecule has 0 spiro atoms. The number of piperidine rings is 1. The average molecular weight is 524 g/mol. The van der Waals surface area contributed by atoms with E-state index in [2.05, 4.69) is 70.7 Å². The van der Waals surface area contributed by atoms with E-state index in [1.165, 1.54) is 48.3 Å². The lowest BCUT2D eigenvalue weighted by Crippen LogP contribution is -2.37. The van der Waals surface area contributed by atoms with Crippen LogP contribution in [0.2, 0.25) is 0 Å². The second-order valence-corrected chi connectivity index (χ2v) is 8.30. The van der Waals surface area contributed by atoms with Gasteiger partial charge in [-0.25, -0.2) is 0 Å². The van der Waals surface area contributed by atoms with Gasteiger partial charge in [0.15, 0.2) is 5.96 Å². The Kier molecular flexibility index (Phi) is 9.61.